The maximum atomic E-state index is 6.29. The van der Waals surface area contributed by atoms with Crippen LogP contribution in [0.2, 0.25) is 0 Å². The molecule has 13 rings (SSSR count). The molecule has 0 atom stereocenters. The number of furan rings is 2. The van der Waals surface area contributed by atoms with Crippen LogP contribution < -0.4 is 0 Å². The summed E-state index contributed by atoms with van der Waals surface area (Å²) in [5.74, 6) is 1.73. The van der Waals surface area contributed by atoms with Crippen LogP contribution in [-0.4, -0.2) is 19.5 Å². The van der Waals surface area contributed by atoms with Gasteiger partial charge in [-0.2, -0.15) is 0 Å². The summed E-state index contributed by atoms with van der Waals surface area (Å²) in [4.78, 5) is 16.2. The quantitative estimate of drug-likeness (QED) is 0.166. The van der Waals surface area contributed by atoms with E-state index in [-0.39, 0.29) is 10.8 Å². The van der Waals surface area contributed by atoms with Gasteiger partial charge in [0.05, 0.1) is 16.7 Å². The molecule has 8 aromatic carbocycles. The summed E-state index contributed by atoms with van der Waals surface area (Å²) in [6, 6.07) is 58.4. The zero-order valence-electron chi connectivity index (χ0n) is 40.8. The summed E-state index contributed by atoms with van der Waals surface area (Å²) in [5.41, 5.74) is 16.4. The minimum Gasteiger partial charge on any atom is -0.456 e. The van der Waals surface area contributed by atoms with Gasteiger partial charge in [0, 0.05) is 60.1 Å². The topological polar surface area (TPSA) is 69.9 Å². The van der Waals surface area contributed by atoms with E-state index in [0.29, 0.717) is 17.5 Å². The number of fused-ring (bicyclic) bond motifs is 9. The molecule has 1 aliphatic carbocycles. The van der Waals surface area contributed by atoms with Crippen molar-refractivity contribution in [3.63, 3.8) is 0 Å². The lowest BCUT2D eigenvalue weighted by Gasteiger charge is -2.23. The number of aromatic nitrogens is 4. The lowest BCUT2D eigenvalue weighted by atomic mass is 9.85. The highest BCUT2D eigenvalue weighted by Crippen LogP contribution is 2.45. The van der Waals surface area contributed by atoms with E-state index in [0.717, 1.165) is 95.8 Å². The SMILES string of the molecule is CC(C)(C)c1ccc2c(c1)c1cc(C(C)(C)C)ccc1n2-c1c(C2=CCCC=C2)cc(-c2nc(-c3ccc4oc5ccccc5c4c3)nc(-c3ccc4oc5ccccc5c4c3)n2)cc1-c1ccccc1. The van der Waals surface area contributed by atoms with Crippen LogP contribution >= 0.6 is 0 Å². The van der Waals surface area contributed by atoms with Gasteiger partial charge in [0.1, 0.15) is 22.3 Å². The number of nitrogens with zero attached hydrogens (tertiary/aromatic N) is 4. The molecule has 0 N–H and O–H groups in total. The molecule has 1 aliphatic rings. The van der Waals surface area contributed by atoms with Gasteiger partial charge >= 0.3 is 0 Å². The fourth-order valence-corrected chi connectivity index (χ4v) is 10.6. The van der Waals surface area contributed by atoms with Crippen molar-refractivity contribution < 1.29 is 8.83 Å². The standard InChI is InChI=1S/C65H52N4O2/c1-64(2,3)44-27-29-54-50(37-44)51-38-45(65(4,5)6)28-30-55(51)69(54)60-48(39-17-9-7-10-18-39)35-43(36-49(60)40-19-11-8-12-20-40)63-67-61(41-25-31-58-52(33-41)46-21-13-15-23-56(46)70-58)66-62(68-63)42-26-32-59-53(34-42)47-22-14-16-24-57(47)71-59/h7,9-11,13-38H,8,12H2,1-6H3. The summed E-state index contributed by atoms with van der Waals surface area (Å²) in [7, 11) is 0. The van der Waals surface area contributed by atoms with E-state index in [9.17, 15) is 0 Å². The van der Waals surface area contributed by atoms with Gasteiger partial charge in [-0.1, -0.05) is 139 Å². The van der Waals surface area contributed by atoms with Crippen LogP contribution in [0, 0.1) is 0 Å². The van der Waals surface area contributed by atoms with Crippen molar-refractivity contribution in [1.82, 2.24) is 19.5 Å². The molecule has 6 nitrogen and oxygen atoms in total. The van der Waals surface area contributed by atoms with E-state index < -0.39 is 0 Å². The minimum atomic E-state index is -0.0255. The molecule has 0 bridgehead atoms. The van der Waals surface area contributed by atoms with Gasteiger partial charge in [-0.3, -0.25) is 0 Å². The van der Waals surface area contributed by atoms with E-state index in [1.165, 1.54) is 38.5 Å². The normalized spacial score (nSPS) is 13.4. The Morgan fingerprint density at radius 3 is 1.42 bits per heavy atom. The number of allylic oxidation sites excluding steroid dienone is 4. The number of hydrogen-bond donors (Lipinski definition) is 0. The first kappa shape index (κ1) is 42.7. The van der Waals surface area contributed by atoms with E-state index in [2.05, 4.69) is 180 Å². The summed E-state index contributed by atoms with van der Waals surface area (Å²) in [6.45, 7) is 13.8. The van der Waals surface area contributed by atoms with Gasteiger partial charge < -0.3 is 13.4 Å². The molecule has 6 heteroatoms. The molecule has 344 valence electrons. The number of para-hydroxylation sites is 2. The first-order valence-electron chi connectivity index (χ1n) is 24.7. The fraction of sp³-hybridized carbons (Fsp3) is 0.154. The maximum absolute atomic E-state index is 6.29. The molecule has 0 saturated carbocycles. The maximum Gasteiger partial charge on any atom is 0.164 e. The number of benzene rings is 8. The summed E-state index contributed by atoms with van der Waals surface area (Å²) >= 11 is 0. The fourth-order valence-electron chi connectivity index (χ4n) is 10.6. The molecule has 4 heterocycles. The molecule has 0 aliphatic heterocycles. The third kappa shape index (κ3) is 7.27. The number of rotatable bonds is 6. The molecule has 4 aromatic heterocycles. The second-order valence-corrected chi connectivity index (χ2v) is 21.1. The van der Waals surface area contributed by atoms with Crippen molar-refractivity contribution in [1.29, 1.82) is 0 Å². The lowest BCUT2D eigenvalue weighted by molar-refractivity contribution is 0.590. The monoisotopic (exact) mass is 920 g/mol. The Morgan fingerprint density at radius 2 is 0.901 bits per heavy atom. The molecule has 0 unspecified atom stereocenters. The van der Waals surface area contributed by atoms with Crippen molar-refractivity contribution in [3.8, 4) is 51.0 Å². The first-order valence-corrected chi connectivity index (χ1v) is 24.7. The summed E-state index contributed by atoms with van der Waals surface area (Å²) < 4.78 is 15.1. The van der Waals surface area contributed by atoms with Crippen molar-refractivity contribution >= 4 is 71.3 Å². The average Bonchev–Trinajstić information content (AvgIpc) is 4.06. The third-order valence-corrected chi connectivity index (χ3v) is 14.4. The molecular formula is C65H52N4O2. The molecule has 71 heavy (non-hydrogen) atoms. The predicted molar refractivity (Wildman–Crippen MR) is 294 cm³/mol. The van der Waals surface area contributed by atoms with Crippen LogP contribution in [0.4, 0.5) is 0 Å². The van der Waals surface area contributed by atoms with Crippen molar-refractivity contribution in [2.45, 2.75) is 65.2 Å². The van der Waals surface area contributed by atoms with Crippen molar-refractivity contribution in [2.75, 3.05) is 0 Å². The van der Waals surface area contributed by atoms with Crippen LogP contribution in [0.5, 0.6) is 0 Å². The van der Waals surface area contributed by atoms with E-state index in [4.69, 9.17) is 23.8 Å². The largest absolute Gasteiger partial charge is 0.456 e. The zero-order valence-corrected chi connectivity index (χ0v) is 40.8. The van der Waals surface area contributed by atoms with Gasteiger partial charge in [-0.15, -0.1) is 0 Å². The molecule has 0 spiro atoms. The van der Waals surface area contributed by atoms with Crippen molar-refractivity contribution in [3.05, 3.63) is 199 Å². The predicted octanol–water partition coefficient (Wildman–Crippen LogP) is 17.8. The lowest BCUT2D eigenvalue weighted by Crippen LogP contribution is -2.10. The second kappa shape index (κ2) is 16.1. The Balaban J connectivity index is 1.11. The summed E-state index contributed by atoms with van der Waals surface area (Å²) in [5, 5.41) is 6.61. The zero-order chi connectivity index (χ0) is 48.2. The Morgan fingerprint density at radius 1 is 0.408 bits per heavy atom. The molecule has 0 amide bonds. The molecule has 0 radical (unpaired) electrons. The van der Waals surface area contributed by atoms with Gasteiger partial charge in [-0.25, -0.2) is 15.0 Å². The Kier molecular flexibility index (Phi) is 9.69. The highest BCUT2D eigenvalue weighted by molar-refractivity contribution is 6.12. The Labute approximate surface area is 412 Å². The molecule has 12 aromatic rings. The van der Waals surface area contributed by atoms with Gasteiger partial charge in [0.2, 0.25) is 0 Å². The number of hydrogen-bond acceptors (Lipinski definition) is 5. The third-order valence-electron chi connectivity index (χ3n) is 14.4. The average molecular weight is 921 g/mol. The van der Waals surface area contributed by atoms with E-state index in [1.54, 1.807) is 0 Å². The summed E-state index contributed by atoms with van der Waals surface area (Å²) in [6.07, 6.45) is 8.93. The minimum absolute atomic E-state index is 0.0255. The van der Waals surface area contributed by atoms with Crippen LogP contribution in [0.15, 0.2) is 191 Å². The van der Waals surface area contributed by atoms with Crippen LogP contribution in [-0.2, 0) is 10.8 Å². The van der Waals surface area contributed by atoms with E-state index >= 15 is 0 Å². The van der Waals surface area contributed by atoms with Crippen molar-refractivity contribution in [2.24, 2.45) is 0 Å². The second-order valence-electron chi connectivity index (χ2n) is 21.1. The van der Waals surface area contributed by atoms with Crippen LogP contribution in [0.1, 0.15) is 71.1 Å². The van der Waals surface area contributed by atoms with Gasteiger partial charge in [0.25, 0.3) is 0 Å². The molecular weight excluding hydrogens is 869 g/mol. The van der Waals surface area contributed by atoms with E-state index in [1.807, 2.05) is 48.5 Å². The highest BCUT2D eigenvalue weighted by atomic mass is 16.3. The Bertz CT molecular complexity index is 3980. The van der Waals surface area contributed by atoms with Gasteiger partial charge in [0.15, 0.2) is 17.5 Å². The highest BCUT2D eigenvalue weighted by Gasteiger charge is 2.26. The smallest absolute Gasteiger partial charge is 0.164 e. The first-order chi connectivity index (χ1) is 34.4. The Hall–Kier alpha value is -8.35. The van der Waals surface area contributed by atoms with Crippen LogP contribution in [0.25, 0.3) is 122 Å². The van der Waals surface area contributed by atoms with Crippen LogP contribution in [0.3, 0.4) is 0 Å². The molecule has 0 saturated heterocycles. The van der Waals surface area contributed by atoms with Gasteiger partial charge in [-0.05, 0) is 131 Å². The molecule has 0 fully saturated rings.